The van der Waals surface area contributed by atoms with Gasteiger partial charge in [-0.3, -0.25) is 4.79 Å². The van der Waals surface area contributed by atoms with Gasteiger partial charge in [0.25, 0.3) is 0 Å². The zero-order valence-electron chi connectivity index (χ0n) is 12.2. The third-order valence-corrected chi connectivity index (χ3v) is 5.57. The van der Waals surface area contributed by atoms with E-state index in [4.69, 9.17) is 0 Å². The summed E-state index contributed by atoms with van der Waals surface area (Å²) >= 11 is 3.35. The van der Waals surface area contributed by atoms with Crippen molar-refractivity contribution in [3.63, 3.8) is 0 Å². The predicted octanol–water partition coefficient (Wildman–Crippen LogP) is 2.05. The molecule has 1 N–H and O–H groups in total. The van der Waals surface area contributed by atoms with Gasteiger partial charge in [-0.05, 0) is 28.5 Å². The van der Waals surface area contributed by atoms with E-state index < -0.39 is 0 Å². The van der Waals surface area contributed by atoms with Gasteiger partial charge >= 0.3 is 0 Å². The summed E-state index contributed by atoms with van der Waals surface area (Å²) < 4.78 is 1.61. The largest absolute Gasteiger partial charge is 0.349 e. The number of carbonyl (C=O) groups is 1. The normalized spacial score (nSPS) is 17.0. The van der Waals surface area contributed by atoms with Gasteiger partial charge in [-0.25, -0.2) is 4.68 Å². The summed E-state index contributed by atoms with van der Waals surface area (Å²) in [5.74, 6) is 1.79. The molecule has 1 aromatic carbocycles. The van der Waals surface area contributed by atoms with Crippen LogP contribution in [-0.4, -0.2) is 37.6 Å². The number of nitrogens with one attached hydrogen (secondary N) is 1. The highest BCUT2D eigenvalue weighted by Gasteiger charge is 2.21. The van der Waals surface area contributed by atoms with Gasteiger partial charge in [0.05, 0.1) is 6.04 Å². The standard InChI is InChI=1S/C14H17N5OS2/c1-19-14(16-17-18-19)22-9-7-13(20)15-11-6-8-21-12-5-3-2-4-10(11)12/h2-5,11H,6-9H2,1H3,(H,15,20)/t11-/m0/s1. The highest BCUT2D eigenvalue weighted by atomic mass is 32.2. The third kappa shape index (κ3) is 3.61. The van der Waals surface area contributed by atoms with Crippen molar-refractivity contribution >= 4 is 29.4 Å². The van der Waals surface area contributed by atoms with Crippen LogP contribution < -0.4 is 5.32 Å². The average Bonchev–Trinajstić information content (AvgIpc) is 2.93. The first-order valence-electron chi connectivity index (χ1n) is 7.10. The maximum absolute atomic E-state index is 12.1. The van der Waals surface area contributed by atoms with Gasteiger partial charge in [-0.2, -0.15) is 0 Å². The Kier molecular flexibility index (Phi) is 4.99. The Hall–Kier alpha value is -1.54. The number of amides is 1. The second-order valence-corrected chi connectivity index (χ2v) is 7.18. The lowest BCUT2D eigenvalue weighted by molar-refractivity contribution is -0.121. The lowest BCUT2D eigenvalue weighted by Gasteiger charge is -2.25. The molecule has 0 radical (unpaired) electrons. The Labute approximate surface area is 137 Å². The molecule has 0 aliphatic carbocycles. The molecule has 0 unspecified atom stereocenters. The number of nitrogens with zero attached hydrogens (tertiary/aromatic N) is 4. The van der Waals surface area contributed by atoms with Gasteiger partial charge < -0.3 is 5.32 Å². The summed E-state index contributed by atoms with van der Waals surface area (Å²) in [6.07, 6.45) is 1.44. The van der Waals surface area contributed by atoms with Crippen LogP contribution in [0.1, 0.15) is 24.4 Å². The van der Waals surface area contributed by atoms with E-state index in [1.807, 2.05) is 23.9 Å². The minimum absolute atomic E-state index is 0.0781. The molecule has 0 spiro atoms. The fraction of sp³-hybridized carbons (Fsp3) is 0.429. The monoisotopic (exact) mass is 335 g/mol. The fourth-order valence-electron chi connectivity index (χ4n) is 2.34. The van der Waals surface area contributed by atoms with Crippen molar-refractivity contribution in [2.75, 3.05) is 11.5 Å². The molecule has 1 amide bonds. The molecule has 8 heteroatoms. The Morgan fingerprint density at radius 2 is 2.36 bits per heavy atom. The molecule has 0 saturated heterocycles. The second-order valence-electron chi connectivity index (χ2n) is 4.98. The number of hydrogen-bond donors (Lipinski definition) is 1. The number of fused-ring (bicyclic) bond motifs is 1. The van der Waals surface area contributed by atoms with Crippen molar-refractivity contribution < 1.29 is 4.79 Å². The van der Waals surface area contributed by atoms with Gasteiger partial charge in [0.2, 0.25) is 11.1 Å². The summed E-state index contributed by atoms with van der Waals surface area (Å²) in [6.45, 7) is 0. The maximum Gasteiger partial charge on any atom is 0.221 e. The number of carbonyl (C=O) groups excluding carboxylic acids is 1. The van der Waals surface area contributed by atoms with E-state index in [9.17, 15) is 4.79 Å². The van der Waals surface area contributed by atoms with E-state index in [0.29, 0.717) is 12.2 Å². The maximum atomic E-state index is 12.1. The second kappa shape index (κ2) is 7.15. The first kappa shape index (κ1) is 15.4. The highest BCUT2D eigenvalue weighted by molar-refractivity contribution is 7.99. The molecule has 1 aliphatic heterocycles. The van der Waals surface area contributed by atoms with Crippen LogP contribution in [0.3, 0.4) is 0 Å². The lowest BCUT2D eigenvalue weighted by atomic mass is 10.0. The molecule has 2 heterocycles. The van der Waals surface area contributed by atoms with Crippen LogP contribution in [0.5, 0.6) is 0 Å². The van der Waals surface area contributed by atoms with Crippen LogP contribution >= 0.6 is 23.5 Å². The number of thioether (sulfide) groups is 2. The molecule has 22 heavy (non-hydrogen) atoms. The van der Waals surface area contributed by atoms with Crippen molar-refractivity contribution in [3.8, 4) is 0 Å². The van der Waals surface area contributed by atoms with E-state index in [2.05, 4.69) is 33.0 Å². The molecule has 0 saturated carbocycles. The molecule has 1 aliphatic rings. The topological polar surface area (TPSA) is 72.7 Å². The summed E-state index contributed by atoms with van der Waals surface area (Å²) in [5.41, 5.74) is 1.23. The number of tetrazole rings is 1. The Morgan fingerprint density at radius 3 is 3.18 bits per heavy atom. The van der Waals surface area contributed by atoms with Crippen molar-refractivity contribution in [1.29, 1.82) is 0 Å². The van der Waals surface area contributed by atoms with Crippen molar-refractivity contribution in [3.05, 3.63) is 29.8 Å². The van der Waals surface area contributed by atoms with Crippen LogP contribution in [0.25, 0.3) is 0 Å². The van der Waals surface area contributed by atoms with Crippen LogP contribution in [0, 0.1) is 0 Å². The fourth-order valence-corrected chi connectivity index (χ4v) is 4.25. The minimum Gasteiger partial charge on any atom is -0.349 e. The van der Waals surface area contributed by atoms with Crippen LogP contribution in [-0.2, 0) is 11.8 Å². The minimum atomic E-state index is 0.0781. The molecule has 1 atom stereocenters. The number of benzene rings is 1. The average molecular weight is 335 g/mol. The van der Waals surface area contributed by atoms with Crippen molar-refractivity contribution in [2.24, 2.45) is 7.05 Å². The van der Waals surface area contributed by atoms with E-state index >= 15 is 0 Å². The molecular weight excluding hydrogens is 318 g/mol. The Morgan fingerprint density at radius 1 is 1.50 bits per heavy atom. The lowest BCUT2D eigenvalue weighted by Crippen LogP contribution is -2.30. The zero-order chi connectivity index (χ0) is 15.4. The van der Waals surface area contributed by atoms with E-state index in [0.717, 1.165) is 17.3 Å². The van der Waals surface area contributed by atoms with E-state index in [-0.39, 0.29) is 11.9 Å². The van der Waals surface area contributed by atoms with Gasteiger partial charge in [-0.1, -0.05) is 30.0 Å². The van der Waals surface area contributed by atoms with Gasteiger partial charge in [0, 0.05) is 29.9 Å². The molecule has 2 aromatic rings. The summed E-state index contributed by atoms with van der Waals surface area (Å²) in [6, 6.07) is 8.43. The van der Waals surface area contributed by atoms with Crippen LogP contribution in [0.2, 0.25) is 0 Å². The molecule has 1 aromatic heterocycles. The number of rotatable bonds is 5. The summed E-state index contributed by atoms with van der Waals surface area (Å²) in [4.78, 5) is 13.4. The molecule has 3 rings (SSSR count). The van der Waals surface area contributed by atoms with Crippen LogP contribution in [0.4, 0.5) is 0 Å². The van der Waals surface area contributed by atoms with Crippen LogP contribution in [0.15, 0.2) is 34.3 Å². The summed E-state index contributed by atoms with van der Waals surface area (Å²) in [7, 11) is 1.79. The molecular formula is C14H17N5OS2. The Balaban J connectivity index is 1.51. The van der Waals surface area contributed by atoms with Gasteiger partial charge in [-0.15, -0.1) is 16.9 Å². The van der Waals surface area contributed by atoms with E-state index in [1.165, 1.54) is 22.2 Å². The van der Waals surface area contributed by atoms with Gasteiger partial charge in [0.1, 0.15) is 0 Å². The molecule has 0 fully saturated rings. The molecule has 0 bridgehead atoms. The number of aryl methyl sites for hydroxylation is 1. The summed E-state index contributed by atoms with van der Waals surface area (Å²) in [5, 5.41) is 15.1. The molecule has 116 valence electrons. The number of hydrogen-bond acceptors (Lipinski definition) is 6. The predicted molar refractivity (Wildman–Crippen MR) is 86.8 cm³/mol. The van der Waals surface area contributed by atoms with Gasteiger partial charge in [0.15, 0.2) is 0 Å². The quantitative estimate of drug-likeness (QED) is 0.843. The van der Waals surface area contributed by atoms with E-state index in [1.54, 1.807) is 11.7 Å². The molecule has 6 nitrogen and oxygen atoms in total. The first-order chi connectivity index (χ1) is 10.7. The first-order valence-corrected chi connectivity index (χ1v) is 9.07. The van der Waals surface area contributed by atoms with Crippen molar-refractivity contribution in [2.45, 2.75) is 28.9 Å². The van der Waals surface area contributed by atoms with Crippen molar-refractivity contribution in [1.82, 2.24) is 25.5 Å². The number of aromatic nitrogens is 4. The Bertz CT molecular complexity index is 660. The SMILES string of the molecule is Cn1nnnc1SCCC(=O)N[C@H]1CCSc2ccccc21. The third-order valence-electron chi connectivity index (χ3n) is 3.44. The zero-order valence-corrected chi connectivity index (χ0v) is 13.9. The highest BCUT2D eigenvalue weighted by Crippen LogP contribution is 2.35. The smallest absolute Gasteiger partial charge is 0.221 e.